The van der Waals surface area contributed by atoms with Crippen LogP contribution in [0, 0.1) is 6.92 Å². The molecule has 0 fully saturated rings. The molecule has 2 N–H and O–H groups in total. The molecule has 1 aliphatic heterocycles. The molecular formula is C13H17N3O2. The van der Waals surface area contributed by atoms with Gasteiger partial charge in [0.05, 0.1) is 11.3 Å². The normalized spacial score (nSPS) is 14.2. The Morgan fingerprint density at radius 3 is 2.44 bits per heavy atom. The number of hydrogen-bond acceptors (Lipinski definition) is 3. The number of hydrogen-bond donors (Lipinski definition) is 1. The highest BCUT2D eigenvalue weighted by Crippen LogP contribution is 2.35. The number of primary amides is 1. The second kappa shape index (κ2) is 4.01. The fraction of sp³-hybridized carbons (Fsp3) is 0.385. The predicted molar refractivity (Wildman–Crippen MR) is 69.5 cm³/mol. The predicted octanol–water partition coefficient (Wildman–Crippen LogP) is 0.898. The van der Waals surface area contributed by atoms with Gasteiger partial charge in [-0.3, -0.25) is 9.59 Å². The molecule has 1 aromatic heterocycles. The van der Waals surface area contributed by atoms with Crippen molar-refractivity contribution in [2.45, 2.75) is 20.3 Å². The highest BCUT2D eigenvalue weighted by Gasteiger charge is 2.28. The van der Waals surface area contributed by atoms with Crippen molar-refractivity contribution in [3.05, 3.63) is 28.7 Å². The van der Waals surface area contributed by atoms with Crippen molar-refractivity contribution in [1.82, 2.24) is 4.57 Å². The summed E-state index contributed by atoms with van der Waals surface area (Å²) in [5, 5.41) is 0. The van der Waals surface area contributed by atoms with Gasteiger partial charge < -0.3 is 15.2 Å². The molecule has 0 aromatic carbocycles. The Kier molecular flexibility index (Phi) is 2.77. The number of fused-ring (bicyclic) bond motifs is 1. The summed E-state index contributed by atoms with van der Waals surface area (Å²) < 4.78 is 1.96. The van der Waals surface area contributed by atoms with Crippen LogP contribution in [-0.4, -0.2) is 23.3 Å². The summed E-state index contributed by atoms with van der Waals surface area (Å²) in [7, 11) is 3.73. The van der Waals surface area contributed by atoms with Crippen molar-refractivity contribution in [1.29, 1.82) is 0 Å². The van der Waals surface area contributed by atoms with Crippen LogP contribution < -0.4 is 10.6 Å². The lowest BCUT2D eigenvalue weighted by atomic mass is 10.0. The van der Waals surface area contributed by atoms with Gasteiger partial charge in [0, 0.05) is 43.7 Å². The van der Waals surface area contributed by atoms with Crippen LogP contribution in [-0.2, 0) is 18.3 Å². The minimum Gasteiger partial charge on any atom is -0.366 e. The van der Waals surface area contributed by atoms with E-state index in [1.807, 2.05) is 30.5 Å². The highest BCUT2D eigenvalue weighted by atomic mass is 16.1. The van der Waals surface area contributed by atoms with Crippen LogP contribution in [0.1, 0.15) is 28.7 Å². The summed E-state index contributed by atoms with van der Waals surface area (Å²) in [5.41, 5.74) is 9.36. The number of rotatable bonds is 2. The van der Waals surface area contributed by atoms with Crippen molar-refractivity contribution < 1.29 is 9.59 Å². The third-order valence-electron chi connectivity index (χ3n) is 3.51. The van der Waals surface area contributed by atoms with Crippen LogP contribution in [0.4, 0.5) is 5.69 Å². The van der Waals surface area contributed by atoms with E-state index in [0.717, 1.165) is 22.6 Å². The average molecular weight is 247 g/mol. The van der Waals surface area contributed by atoms with E-state index in [1.54, 1.807) is 13.1 Å². The first-order valence-electron chi connectivity index (χ1n) is 5.77. The molecule has 0 atom stereocenters. The zero-order valence-electron chi connectivity index (χ0n) is 11.1. The molecule has 5 heteroatoms. The zero-order chi connectivity index (χ0) is 13.6. The van der Waals surface area contributed by atoms with E-state index in [1.165, 1.54) is 0 Å². The van der Waals surface area contributed by atoms with E-state index in [-0.39, 0.29) is 5.78 Å². The minimum atomic E-state index is -0.421. The van der Waals surface area contributed by atoms with Gasteiger partial charge in [0.1, 0.15) is 0 Å². The second-order valence-corrected chi connectivity index (χ2v) is 4.68. The van der Waals surface area contributed by atoms with Crippen LogP contribution in [0.25, 0.3) is 0 Å². The third kappa shape index (κ3) is 1.63. The smallest absolute Gasteiger partial charge is 0.246 e. The Morgan fingerprint density at radius 1 is 1.33 bits per heavy atom. The SMILES string of the molecule is CC(=O)c1c2c(n(C)c1C)CC(C(N)=O)=CN2C. The van der Waals surface area contributed by atoms with Gasteiger partial charge in [-0.2, -0.15) is 0 Å². The summed E-state index contributed by atoms with van der Waals surface area (Å²) in [6, 6.07) is 0. The average Bonchev–Trinajstić information content (AvgIpc) is 2.53. The molecule has 18 heavy (non-hydrogen) atoms. The first-order chi connectivity index (χ1) is 8.34. The number of carbonyl (C=O) groups excluding carboxylic acids is 2. The van der Waals surface area contributed by atoms with E-state index < -0.39 is 5.91 Å². The quantitative estimate of drug-likeness (QED) is 0.789. The number of Topliss-reactive ketones (excluding diaryl/α,β-unsaturated/α-hetero) is 1. The summed E-state index contributed by atoms with van der Waals surface area (Å²) >= 11 is 0. The zero-order valence-corrected chi connectivity index (χ0v) is 11.1. The number of carbonyl (C=O) groups is 2. The Hall–Kier alpha value is -2.04. The van der Waals surface area contributed by atoms with Crippen LogP contribution in [0.2, 0.25) is 0 Å². The summed E-state index contributed by atoms with van der Waals surface area (Å²) in [5.74, 6) is -0.386. The van der Waals surface area contributed by atoms with Crippen LogP contribution in [0.5, 0.6) is 0 Å². The second-order valence-electron chi connectivity index (χ2n) is 4.68. The minimum absolute atomic E-state index is 0.0344. The Balaban J connectivity index is 2.65. The van der Waals surface area contributed by atoms with Crippen LogP contribution >= 0.6 is 0 Å². The van der Waals surface area contributed by atoms with Gasteiger partial charge in [0.15, 0.2) is 5.78 Å². The molecule has 0 aliphatic carbocycles. The number of nitrogens with zero attached hydrogens (tertiary/aromatic N) is 2. The van der Waals surface area contributed by atoms with Gasteiger partial charge >= 0.3 is 0 Å². The van der Waals surface area contributed by atoms with Crippen molar-refractivity contribution in [2.75, 3.05) is 11.9 Å². The number of anilines is 1. The fourth-order valence-corrected chi connectivity index (χ4v) is 2.52. The van der Waals surface area contributed by atoms with Gasteiger partial charge in [-0.05, 0) is 13.8 Å². The molecule has 0 radical (unpaired) electrons. The Bertz CT molecular complexity index is 582. The van der Waals surface area contributed by atoms with Gasteiger partial charge in [-0.15, -0.1) is 0 Å². The molecular weight excluding hydrogens is 230 g/mol. The molecule has 2 heterocycles. The van der Waals surface area contributed by atoms with Crippen LogP contribution in [0.15, 0.2) is 11.8 Å². The topological polar surface area (TPSA) is 68.3 Å². The van der Waals surface area contributed by atoms with Crippen molar-refractivity contribution in [2.24, 2.45) is 12.8 Å². The number of ketones is 1. The molecule has 5 nitrogen and oxygen atoms in total. The molecule has 0 bridgehead atoms. The molecule has 0 saturated carbocycles. The van der Waals surface area contributed by atoms with E-state index >= 15 is 0 Å². The summed E-state index contributed by atoms with van der Waals surface area (Å²) in [6.07, 6.45) is 2.18. The lowest BCUT2D eigenvalue weighted by Gasteiger charge is -2.23. The number of aromatic nitrogens is 1. The van der Waals surface area contributed by atoms with Crippen molar-refractivity contribution >= 4 is 17.4 Å². The molecule has 0 saturated heterocycles. The largest absolute Gasteiger partial charge is 0.366 e. The van der Waals surface area contributed by atoms with E-state index in [2.05, 4.69) is 0 Å². The van der Waals surface area contributed by atoms with Gasteiger partial charge in [-0.25, -0.2) is 0 Å². The summed E-state index contributed by atoms with van der Waals surface area (Å²) in [6.45, 7) is 3.47. The van der Waals surface area contributed by atoms with Crippen molar-refractivity contribution in [3.63, 3.8) is 0 Å². The van der Waals surface area contributed by atoms with E-state index in [9.17, 15) is 9.59 Å². The molecule has 1 amide bonds. The number of nitrogens with two attached hydrogens (primary N) is 1. The molecule has 2 rings (SSSR count). The maximum Gasteiger partial charge on any atom is 0.246 e. The molecule has 1 aromatic rings. The van der Waals surface area contributed by atoms with Gasteiger partial charge in [0.25, 0.3) is 0 Å². The molecule has 0 spiro atoms. The molecule has 1 aliphatic rings. The van der Waals surface area contributed by atoms with Gasteiger partial charge in [0.2, 0.25) is 5.91 Å². The molecule has 96 valence electrons. The Labute approximate surface area is 106 Å². The maximum atomic E-state index is 11.8. The fourth-order valence-electron chi connectivity index (χ4n) is 2.52. The molecule has 0 unspecified atom stereocenters. The third-order valence-corrected chi connectivity index (χ3v) is 3.51. The first-order valence-corrected chi connectivity index (χ1v) is 5.77. The Morgan fingerprint density at radius 2 is 1.94 bits per heavy atom. The monoisotopic (exact) mass is 247 g/mol. The lowest BCUT2D eigenvalue weighted by Crippen LogP contribution is -2.25. The first kappa shape index (κ1) is 12.4. The van der Waals surface area contributed by atoms with E-state index in [4.69, 9.17) is 5.73 Å². The van der Waals surface area contributed by atoms with Crippen molar-refractivity contribution in [3.8, 4) is 0 Å². The standard InChI is InChI=1S/C13H17N3O2/c1-7-11(8(2)17)12-10(16(7)4)5-9(13(14)18)6-15(12)3/h6H,5H2,1-4H3,(H2,14,18). The lowest BCUT2D eigenvalue weighted by molar-refractivity contribution is -0.114. The van der Waals surface area contributed by atoms with E-state index in [0.29, 0.717) is 12.0 Å². The maximum absolute atomic E-state index is 11.8. The van der Waals surface area contributed by atoms with Gasteiger partial charge in [-0.1, -0.05) is 0 Å². The van der Waals surface area contributed by atoms with Crippen LogP contribution in [0.3, 0.4) is 0 Å². The number of amides is 1. The summed E-state index contributed by atoms with van der Waals surface area (Å²) in [4.78, 5) is 24.9. The highest BCUT2D eigenvalue weighted by molar-refractivity contribution is 6.03.